The molecule has 1 heterocycles. The molecule has 132 valence electrons. The number of benzene rings is 2. The maximum Gasteiger partial charge on any atom is 0.159 e. The van der Waals surface area contributed by atoms with Crippen molar-refractivity contribution in [1.29, 1.82) is 0 Å². The third-order valence-corrected chi connectivity index (χ3v) is 5.22. The first-order valence-electron chi connectivity index (χ1n) is 8.93. The van der Waals surface area contributed by atoms with Gasteiger partial charge in [0.1, 0.15) is 5.82 Å². The van der Waals surface area contributed by atoms with Crippen LogP contribution in [0.3, 0.4) is 0 Å². The molecule has 0 saturated heterocycles. The van der Waals surface area contributed by atoms with Crippen molar-refractivity contribution in [3.63, 3.8) is 0 Å². The highest BCUT2D eigenvalue weighted by molar-refractivity contribution is 5.78. The number of hydrogen-bond acceptors (Lipinski definition) is 3. The van der Waals surface area contributed by atoms with Gasteiger partial charge >= 0.3 is 0 Å². The summed E-state index contributed by atoms with van der Waals surface area (Å²) >= 11 is 0. The van der Waals surface area contributed by atoms with Crippen LogP contribution < -0.4 is 5.73 Å². The lowest BCUT2D eigenvalue weighted by Crippen LogP contribution is -2.07. The van der Waals surface area contributed by atoms with Crippen LogP contribution in [0.4, 0.5) is 4.39 Å². The van der Waals surface area contributed by atoms with Crippen molar-refractivity contribution in [2.45, 2.75) is 39.7 Å². The molecule has 0 radical (unpaired) electrons. The van der Waals surface area contributed by atoms with E-state index < -0.39 is 0 Å². The van der Waals surface area contributed by atoms with Crippen LogP contribution in [-0.2, 0) is 6.42 Å². The number of nitrogens with two attached hydrogens (primary N) is 1. The van der Waals surface area contributed by atoms with Crippen molar-refractivity contribution < 1.29 is 4.39 Å². The third kappa shape index (κ3) is 2.71. The van der Waals surface area contributed by atoms with E-state index >= 15 is 0 Å². The van der Waals surface area contributed by atoms with Gasteiger partial charge in [-0.25, -0.2) is 14.4 Å². The van der Waals surface area contributed by atoms with Crippen LogP contribution in [0, 0.1) is 26.6 Å². The molecule has 0 fully saturated rings. The Labute approximate surface area is 153 Å². The minimum Gasteiger partial charge on any atom is -0.324 e. The molecule has 2 N–H and O–H groups in total. The number of halogens is 1. The summed E-state index contributed by atoms with van der Waals surface area (Å²) in [5.41, 5.74) is 14.4. The van der Waals surface area contributed by atoms with Crippen molar-refractivity contribution in [1.82, 2.24) is 9.97 Å². The van der Waals surface area contributed by atoms with Gasteiger partial charge in [0.05, 0.1) is 0 Å². The van der Waals surface area contributed by atoms with Gasteiger partial charge in [0.25, 0.3) is 0 Å². The first-order valence-corrected chi connectivity index (χ1v) is 8.93. The van der Waals surface area contributed by atoms with Crippen LogP contribution in [0.2, 0.25) is 0 Å². The molecule has 1 aromatic heterocycles. The lowest BCUT2D eigenvalue weighted by atomic mass is 9.89. The molecule has 1 aliphatic carbocycles. The number of nitrogens with zero attached hydrogens (tertiary/aromatic N) is 2. The molecule has 0 saturated carbocycles. The summed E-state index contributed by atoms with van der Waals surface area (Å²) in [5.74, 6) is 0.536. The number of aromatic nitrogens is 2. The maximum atomic E-state index is 14.3. The molecular weight excluding hydrogens is 325 g/mol. The maximum absolute atomic E-state index is 14.3. The topological polar surface area (TPSA) is 51.8 Å². The highest BCUT2D eigenvalue weighted by Gasteiger charge is 2.26. The minimum absolute atomic E-state index is 0.186. The fraction of sp³-hybridized carbons (Fsp3) is 0.273. The van der Waals surface area contributed by atoms with Crippen molar-refractivity contribution in [2.24, 2.45) is 5.73 Å². The van der Waals surface area contributed by atoms with Gasteiger partial charge < -0.3 is 5.73 Å². The standard InChI is InChI=1S/C22H22FN3/c1-12-10-25-22(26-11-12)15-8-13(2)20(14(3)9-15)16-4-6-18(23)21-17(16)5-7-19(21)24/h4,6,8-11,19H,5,7,24H2,1-3H3/t19-/m1/s1. The second kappa shape index (κ2) is 6.29. The molecule has 0 unspecified atom stereocenters. The fourth-order valence-corrected chi connectivity index (χ4v) is 4.04. The Morgan fingerprint density at radius 2 is 1.69 bits per heavy atom. The van der Waals surface area contributed by atoms with Crippen LogP contribution in [-0.4, -0.2) is 9.97 Å². The zero-order valence-corrected chi connectivity index (χ0v) is 15.3. The number of fused-ring (bicyclic) bond motifs is 1. The van der Waals surface area contributed by atoms with E-state index in [-0.39, 0.29) is 11.9 Å². The van der Waals surface area contributed by atoms with Crippen LogP contribution >= 0.6 is 0 Å². The molecule has 0 bridgehead atoms. The molecule has 4 heteroatoms. The van der Waals surface area contributed by atoms with E-state index in [0.717, 1.165) is 57.6 Å². The molecule has 1 aliphatic rings. The van der Waals surface area contributed by atoms with E-state index in [4.69, 9.17) is 5.73 Å². The highest BCUT2D eigenvalue weighted by atomic mass is 19.1. The zero-order chi connectivity index (χ0) is 18.4. The zero-order valence-electron chi connectivity index (χ0n) is 15.3. The highest BCUT2D eigenvalue weighted by Crippen LogP contribution is 2.41. The Bertz CT molecular complexity index is 970. The van der Waals surface area contributed by atoms with E-state index in [1.54, 1.807) is 6.07 Å². The van der Waals surface area contributed by atoms with Gasteiger partial charge in [0.15, 0.2) is 5.82 Å². The Morgan fingerprint density at radius 1 is 1.04 bits per heavy atom. The van der Waals surface area contributed by atoms with Crippen molar-refractivity contribution in [2.75, 3.05) is 0 Å². The SMILES string of the molecule is Cc1cnc(-c2cc(C)c(-c3ccc(F)c4c3CC[C@H]4N)c(C)c2)nc1. The smallest absolute Gasteiger partial charge is 0.159 e. The van der Waals surface area contributed by atoms with E-state index in [1.807, 2.05) is 25.4 Å². The largest absolute Gasteiger partial charge is 0.324 e. The normalized spacial score (nSPS) is 16.0. The molecule has 0 aliphatic heterocycles. The lowest BCUT2D eigenvalue weighted by Gasteiger charge is -2.17. The van der Waals surface area contributed by atoms with Gasteiger partial charge in [0.2, 0.25) is 0 Å². The summed E-state index contributed by atoms with van der Waals surface area (Å²) in [6.45, 7) is 6.15. The molecule has 1 atom stereocenters. The summed E-state index contributed by atoms with van der Waals surface area (Å²) in [5, 5.41) is 0. The quantitative estimate of drug-likeness (QED) is 0.723. The van der Waals surface area contributed by atoms with E-state index in [2.05, 4.69) is 35.9 Å². The Balaban J connectivity index is 1.86. The molecule has 3 aromatic rings. The average Bonchev–Trinajstić information content (AvgIpc) is 2.99. The van der Waals surface area contributed by atoms with Gasteiger partial charge in [-0.3, -0.25) is 0 Å². The van der Waals surface area contributed by atoms with Gasteiger partial charge in [-0.2, -0.15) is 0 Å². The summed E-state index contributed by atoms with van der Waals surface area (Å²) in [6.07, 6.45) is 5.28. The first kappa shape index (κ1) is 16.9. The first-order chi connectivity index (χ1) is 12.5. The van der Waals surface area contributed by atoms with Crippen LogP contribution in [0.25, 0.3) is 22.5 Å². The van der Waals surface area contributed by atoms with Crippen LogP contribution in [0.15, 0.2) is 36.7 Å². The van der Waals surface area contributed by atoms with Gasteiger partial charge in [0, 0.05) is 29.6 Å². The fourth-order valence-electron chi connectivity index (χ4n) is 4.04. The average molecular weight is 347 g/mol. The number of rotatable bonds is 2. The molecule has 26 heavy (non-hydrogen) atoms. The van der Waals surface area contributed by atoms with E-state index in [1.165, 1.54) is 0 Å². The molecule has 0 amide bonds. The molecule has 3 nitrogen and oxygen atoms in total. The summed E-state index contributed by atoms with van der Waals surface area (Å²) < 4.78 is 14.3. The van der Waals surface area contributed by atoms with Gasteiger partial charge in [-0.05, 0) is 85.2 Å². The second-order valence-electron chi connectivity index (χ2n) is 7.20. The molecular formula is C22H22FN3. The number of aryl methyl sites for hydroxylation is 3. The molecule has 4 rings (SSSR count). The minimum atomic E-state index is -0.203. The predicted molar refractivity (Wildman–Crippen MR) is 102 cm³/mol. The lowest BCUT2D eigenvalue weighted by molar-refractivity contribution is 0.589. The summed E-state index contributed by atoms with van der Waals surface area (Å²) in [7, 11) is 0. The second-order valence-corrected chi connectivity index (χ2v) is 7.20. The van der Waals surface area contributed by atoms with Crippen molar-refractivity contribution >= 4 is 0 Å². The Hall–Kier alpha value is -2.59. The van der Waals surface area contributed by atoms with Gasteiger partial charge in [-0.1, -0.05) is 6.07 Å². The third-order valence-electron chi connectivity index (χ3n) is 5.22. The van der Waals surface area contributed by atoms with Crippen LogP contribution in [0.1, 0.15) is 40.3 Å². The van der Waals surface area contributed by atoms with Gasteiger partial charge in [-0.15, -0.1) is 0 Å². The van der Waals surface area contributed by atoms with Crippen LogP contribution in [0.5, 0.6) is 0 Å². The molecule has 2 aromatic carbocycles. The van der Waals surface area contributed by atoms with Crippen molar-refractivity contribution in [3.8, 4) is 22.5 Å². The number of hydrogen-bond donors (Lipinski definition) is 1. The summed E-state index contributed by atoms with van der Waals surface area (Å²) in [4.78, 5) is 8.87. The predicted octanol–water partition coefficient (Wildman–Crippen LogP) is 4.82. The Kier molecular flexibility index (Phi) is 4.08. The van der Waals surface area contributed by atoms with E-state index in [0.29, 0.717) is 5.56 Å². The van der Waals surface area contributed by atoms with Crippen molar-refractivity contribution in [3.05, 3.63) is 70.3 Å². The Morgan fingerprint density at radius 3 is 2.35 bits per heavy atom. The molecule has 0 spiro atoms. The van der Waals surface area contributed by atoms with E-state index in [9.17, 15) is 4.39 Å². The monoisotopic (exact) mass is 347 g/mol. The summed E-state index contributed by atoms with van der Waals surface area (Å²) in [6, 6.07) is 7.46.